The number of rotatable bonds is 5. The first kappa shape index (κ1) is 33.3. The Morgan fingerprint density at radius 1 is 0.786 bits per heavy atom. The van der Waals surface area contributed by atoms with Crippen molar-refractivity contribution in [3.8, 4) is 0 Å². The third-order valence-corrected chi connectivity index (χ3v) is 9.23. The minimum atomic E-state index is -2.04. The van der Waals surface area contributed by atoms with Crippen LogP contribution in [0.1, 0.15) is 75.2 Å². The predicted octanol–water partition coefficient (Wildman–Crippen LogP) is 2.08. The first-order valence-electron chi connectivity index (χ1n) is 13.9. The minimum Gasteiger partial charge on any atom is -0.462 e. The van der Waals surface area contributed by atoms with E-state index >= 15 is 0 Å². The van der Waals surface area contributed by atoms with E-state index < -0.39 is 88.8 Å². The van der Waals surface area contributed by atoms with Gasteiger partial charge in [-0.25, -0.2) is 0 Å². The lowest BCUT2D eigenvalue weighted by atomic mass is 9.47. The number of aliphatic hydroxyl groups excluding tert-OH is 1. The summed E-state index contributed by atoms with van der Waals surface area (Å²) < 4.78 is 29.1. The van der Waals surface area contributed by atoms with Crippen molar-refractivity contribution < 1.29 is 57.9 Å². The van der Waals surface area contributed by atoms with E-state index in [1.54, 1.807) is 27.7 Å². The van der Waals surface area contributed by atoms with Crippen molar-refractivity contribution in [1.29, 1.82) is 0 Å². The fourth-order valence-electron chi connectivity index (χ4n) is 7.41. The Kier molecular flexibility index (Phi) is 9.06. The van der Waals surface area contributed by atoms with Gasteiger partial charge in [-0.05, 0) is 23.6 Å². The van der Waals surface area contributed by atoms with Gasteiger partial charge in [0.1, 0.15) is 23.9 Å². The van der Waals surface area contributed by atoms with E-state index in [9.17, 15) is 34.2 Å². The molecule has 0 saturated heterocycles. The molecule has 3 aliphatic carbocycles. The molecular formula is C30H42O12. The monoisotopic (exact) mass is 594 g/mol. The molecule has 0 spiro atoms. The zero-order valence-electron chi connectivity index (χ0n) is 25.6. The van der Waals surface area contributed by atoms with Gasteiger partial charge in [-0.2, -0.15) is 0 Å². The van der Waals surface area contributed by atoms with Gasteiger partial charge in [0.05, 0.1) is 11.5 Å². The number of carbonyl (C=O) groups excluding carboxylic acids is 5. The van der Waals surface area contributed by atoms with Gasteiger partial charge in [0.25, 0.3) is 0 Å². The van der Waals surface area contributed by atoms with Crippen LogP contribution in [-0.2, 0) is 47.7 Å². The van der Waals surface area contributed by atoms with Gasteiger partial charge < -0.3 is 33.9 Å². The molecule has 3 rings (SSSR count). The lowest BCUT2D eigenvalue weighted by Gasteiger charge is -2.63. The second kappa shape index (κ2) is 11.4. The predicted molar refractivity (Wildman–Crippen MR) is 145 cm³/mol. The number of fused-ring (bicyclic) bond motifs is 3. The average Bonchev–Trinajstić information content (AvgIpc) is 2.81. The van der Waals surface area contributed by atoms with Gasteiger partial charge in [0.2, 0.25) is 0 Å². The molecule has 2 bridgehead atoms. The highest BCUT2D eigenvalue weighted by molar-refractivity contribution is 5.70. The van der Waals surface area contributed by atoms with Gasteiger partial charge in [0.15, 0.2) is 12.2 Å². The van der Waals surface area contributed by atoms with Gasteiger partial charge in [-0.15, -0.1) is 0 Å². The molecule has 0 heterocycles. The third-order valence-electron chi connectivity index (χ3n) is 9.23. The normalized spacial score (nSPS) is 37.3. The molecule has 0 aliphatic heterocycles. The molecule has 0 aromatic heterocycles. The van der Waals surface area contributed by atoms with Crippen molar-refractivity contribution >= 4 is 29.8 Å². The topological polar surface area (TPSA) is 172 Å². The van der Waals surface area contributed by atoms with E-state index in [2.05, 4.69) is 6.58 Å². The average molecular weight is 595 g/mol. The molecule has 234 valence electrons. The van der Waals surface area contributed by atoms with Gasteiger partial charge in [-0.3, -0.25) is 24.0 Å². The van der Waals surface area contributed by atoms with E-state index in [-0.39, 0.29) is 24.0 Å². The number of ether oxygens (including phenoxy) is 5. The first-order valence-corrected chi connectivity index (χ1v) is 13.9. The summed E-state index contributed by atoms with van der Waals surface area (Å²) in [6.07, 6.45) is -8.24. The lowest BCUT2D eigenvalue weighted by Crippen LogP contribution is -2.73. The Balaban J connectivity index is 2.58. The Labute approximate surface area is 245 Å². The van der Waals surface area contributed by atoms with E-state index in [1.165, 1.54) is 20.8 Å². The molecule has 0 aromatic carbocycles. The van der Waals surface area contributed by atoms with Crippen molar-refractivity contribution in [3.63, 3.8) is 0 Å². The number of esters is 5. The van der Waals surface area contributed by atoms with E-state index in [4.69, 9.17) is 23.7 Å². The van der Waals surface area contributed by atoms with Crippen LogP contribution in [0.15, 0.2) is 23.3 Å². The molecule has 0 amide bonds. The summed E-state index contributed by atoms with van der Waals surface area (Å²) in [6.45, 7) is 16.5. The molecule has 9 unspecified atom stereocenters. The Morgan fingerprint density at radius 3 is 1.74 bits per heavy atom. The van der Waals surface area contributed by atoms with Crippen LogP contribution in [0.2, 0.25) is 0 Å². The van der Waals surface area contributed by atoms with Crippen molar-refractivity contribution in [2.24, 2.45) is 16.7 Å². The summed E-state index contributed by atoms with van der Waals surface area (Å²) >= 11 is 0. The molecule has 42 heavy (non-hydrogen) atoms. The Bertz CT molecular complexity index is 1220. The van der Waals surface area contributed by atoms with Crippen LogP contribution in [0.5, 0.6) is 0 Å². The van der Waals surface area contributed by atoms with Crippen LogP contribution >= 0.6 is 0 Å². The van der Waals surface area contributed by atoms with Crippen LogP contribution in [0.4, 0.5) is 0 Å². The minimum absolute atomic E-state index is 0.119. The van der Waals surface area contributed by atoms with Crippen molar-refractivity contribution in [1.82, 2.24) is 0 Å². The van der Waals surface area contributed by atoms with Crippen LogP contribution in [0.3, 0.4) is 0 Å². The fraction of sp³-hybridized carbons (Fsp3) is 0.700. The van der Waals surface area contributed by atoms with E-state index in [1.807, 2.05) is 0 Å². The number of hydrogen-bond acceptors (Lipinski definition) is 12. The number of carbonyl (C=O) groups is 5. The third kappa shape index (κ3) is 5.46. The highest BCUT2D eigenvalue weighted by Crippen LogP contribution is 2.62. The zero-order chi connectivity index (χ0) is 32.1. The standard InChI is InChI=1S/C30H42O12/c1-13-20(36)11-22(39-16(4)32)29(10)24(13)26(41-18(6)34)30(37)12-21(38-15(3)31)14(2)23(28(30,8)9)25(40-17(5)33)27(29)42-19(7)35/h20-22,24-27,36-37H,1,11-12H2,2-10H3. The fourth-order valence-corrected chi connectivity index (χ4v) is 7.41. The van der Waals surface area contributed by atoms with Crippen molar-refractivity contribution in [2.45, 2.75) is 117 Å². The SMILES string of the molecule is C=C1C(O)CC(OC(C)=O)C2(C)C(OC(C)=O)C(OC(C)=O)C3=C(C)C(OC(C)=O)CC(O)(C(OC(C)=O)C12)C3(C)C. The highest BCUT2D eigenvalue weighted by atomic mass is 16.6. The van der Waals surface area contributed by atoms with Crippen molar-refractivity contribution in [3.05, 3.63) is 23.3 Å². The van der Waals surface area contributed by atoms with Crippen LogP contribution in [-0.4, -0.2) is 82.3 Å². The molecule has 0 aromatic rings. The summed E-state index contributed by atoms with van der Waals surface area (Å²) in [5.41, 5.74) is -4.18. The Hall–Kier alpha value is -3.25. The van der Waals surface area contributed by atoms with Gasteiger partial charge >= 0.3 is 29.8 Å². The van der Waals surface area contributed by atoms with Crippen LogP contribution < -0.4 is 0 Å². The molecule has 0 radical (unpaired) electrons. The van der Waals surface area contributed by atoms with E-state index in [0.29, 0.717) is 5.57 Å². The second-order valence-electron chi connectivity index (χ2n) is 12.3. The summed E-state index contributed by atoms with van der Waals surface area (Å²) in [4.78, 5) is 62.6. The van der Waals surface area contributed by atoms with Gasteiger partial charge in [0, 0.05) is 58.8 Å². The van der Waals surface area contributed by atoms with Gasteiger partial charge in [-0.1, -0.05) is 27.4 Å². The maximum atomic E-state index is 12.8. The zero-order valence-corrected chi connectivity index (χ0v) is 25.6. The number of hydrogen-bond donors (Lipinski definition) is 2. The molecule has 9 atom stereocenters. The molecule has 12 heteroatoms. The summed E-state index contributed by atoms with van der Waals surface area (Å²) in [5, 5.41) is 24.0. The molecular weight excluding hydrogens is 552 g/mol. The molecule has 2 N–H and O–H groups in total. The summed E-state index contributed by atoms with van der Waals surface area (Å²) in [7, 11) is 0. The first-order chi connectivity index (χ1) is 19.2. The maximum absolute atomic E-state index is 12.8. The summed E-state index contributed by atoms with van der Waals surface area (Å²) in [6, 6.07) is 0. The lowest BCUT2D eigenvalue weighted by molar-refractivity contribution is -0.258. The molecule has 2 saturated carbocycles. The molecule has 2 fully saturated rings. The largest absolute Gasteiger partial charge is 0.462 e. The van der Waals surface area contributed by atoms with Crippen molar-refractivity contribution in [2.75, 3.05) is 0 Å². The van der Waals surface area contributed by atoms with E-state index in [0.717, 1.165) is 13.8 Å². The van der Waals surface area contributed by atoms with Crippen LogP contribution in [0, 0.1) is 16.7 Å². The highest BCUT2D eigenvalue weighted by Gasteiger charge is 2.72. The quantitative estimate of drug-likeness (QED) is 0.270. The maximum Gasteiger partial charge on any atom is 0.303 e. The second-order valence-corrected chi connectivity index (χ2v) is 12.3. The Morgan fingerprint density at radius 2 is 1.26 bits per heavy atom. The molecule has 12 nitrogen and oxygen atoms in total. The summed E-state index contributed by atoms with van der Waals surface area (Å²) in [5.74, 6) is -4.87. The molecule has 3 aliphatic rings. The smallest absolute Gasteiger partial charge is 0.303 e. The van der Waals surface area contributed by atoms with Crippen LogP contribution in [0.25, 0.3) is 0 Å². The number of aliphatic hydroxyl groups is 2.